The van der Waals surface area contributed by atoms with Gasteiger partial charge in [0.25, 0.3) is 0 Å². The van der Waals surface area contributed by atoms with Crippen LogP contribution in [0.15, 0.2) is 4.99 Å². The number of halogens is 1. The van der Waals surface area contributed by atoms with Crippen LogP contribution in [-0.2, 0) is 24.3 Å². The summed E-state index contributed by atoms with van der Waals surface area (Å²) in [6.45, 7) is 13.8. The van der Waals surface area contributed by atoms with Crippen LogP contribution in [0.4, 0.5) is 0 Å². The van der Waals surface area contributed by atoms with Gasteiger partial charge in [-0.1, -0.05) is 6.42 Å². The van der Waals surface area contributed by atoms with Gasteiger partial charge in [-0.3, -0.25) is 4.79 Å². The van der Waals surface area contributed by atoms with Gasteiger partial charge in [-0.05, 0) is 47.5 Å². The first-order chi connectivity index (χ1) is 13.3. The number of fused-ring (bicyclic) bond motifs is 1. The normalized spacial score (nSPS) is 19.7. The van der Waals surface area contributed by atoms with Crippen LogP contribution in [0.3, 0.4) is 0 Å². The number of aliphatic imine (C=N–C) groups is 1. The number of piperazine rings is 1. The Morgan fingerprint density at radius 3 is 2.66 bits per heavy atom. The molecular formula is C20H36IN7O. The van der Waals surface area contributed by atoms with Gasteiger partial charge in [-0.15, -0.1) is 34.2 Å². The van der Waals surface area contributed by atoms with Crippen LogP contribution in [0.5, 0.6) is 0 Å². The lowest BCUT2D eigenvalue weighted by Gasteiger charge is -2.49. The number of aryl methyl sites for hydroxylation is 1. The van der Waals surface area contributed by atoms with Crippen molar-refractivity contribution in [3.8, 4) is 0 Å². The lowest BCUT2D eigenvalue weighted by Crippen LogP contribution is -2.66. The zero-order chi connectivity index (χ0) is 20.3. The van der Waals surface area contributed by atoms with Gasteiger partial charge < -0.3 is 19.7 Å². The topological polar surface area (TPSA) is 78.6 Å². The number of amides is 1. The zero-order valence-electron chi connectivity index (χ0n) is 18.4. The molecule has 1 N–H and O–H groups in total. The maximum atomic E-state index is 12.8. The summed E-state index contributed by atoms with van der Waals surface area (Å²) in [5, 5.41) is 12.1. The molecule has 29 heavy (non-hydrogen) atoms. The molecule has 2 aliphatic heterocycles. The molecule has 3 heterocycles. The van der Waals surface area contributed by atoms with E-state index in [1.807, 2.05) is 4.90 Å². The van der Waals surface area contributed by atoms with Crippen LogP contribution in [0.25, 0.3) is 0 Å². The van der Waals surface area contributed by atoms with Crippen molar-refractivity contribution in [1.82, 2.24) is 29.9 Å². The van der Waals surface area contributed by atoms with E-state index in [4.69, 9.17) is 4.99 Å². The van der Waals surface area contributed by atoms with E-state index in [1.165, 1.54) is 19.3 Å². The van der Waals surface area contributed by atoms with E-state index < -0.39 is 0 Å². The fourth-order valence-corrected chi connectivity index (χ4v) is 4.55. The molecule has 0 aliphatic carbocycles. The molecule has 0 saturated carbocycles. The Morgan fingerprint density at radius 1 is 1.24 bits per heavy atom. The van der Waals surface area contributed by atoms with E-state index in [0.717, 1.165) is 43.7 Å². The number of nitrogens with one attached hydrogen (secondary N) is 1. The second-order valence-electron chi connectivity index (χ2n) is 8.69. The number of rotatable bonds is 4. The van der Waals surface area contributed by atoms with E-state index in [1.54, 1.807) is 0 Å². The van der Waals surface area contributed by atoms with Crippen molar-refractivity contribution >= 4 is 35.8 Å². The average molecular weight is 517 g/mol. The Kier molecular flexibility index (Phi) is 8.30. The monoisotopic (exact) mass is 517 g/mol. The molecular weight excluding hydrogens is 481 g/mol. The van der Waals surface area contributed by atoms with Crippen LogP contribution in [-0.4, -0.2) is 67.6 Å². The van der Waals surface area contributed by atoms with Crippen LogP contribution in [0, 0.1) is 0 Å². The third kappa shape index (κ3) is 5.40. The third-order valence-electron chi connectivity index (χ3n) is 5.53. The molecule has 1 fully saturated rings. The number of hydrogen-bond donors (Lipinski definition) is 1. The maximum absolute atomic E-state index is 12.8. The lowest BCUT2D eigenvalue weighted by atomic mass is 9.96. The first-order valence-electron chi connectivity index (χ1n) is 10.6. The van der Waals surface area contributed by atoms with Gasteiger partial charge in [0.2, 0.25) is 5.91 Å². The molecule has 9 heteroatoms. The fourth-order valence-electron chi connectivity index (χ4n) is 4.55. The summed E-state index contributed by atoms with van der Waals surface area (Å²) in [5.41, 5.74) is -0.244. The fraction of sp³-hybridized carbons (Fsp3) is 0.800. The molecule has 1 saturated heterocycles. The molecule has 0 bridgehead atoms. The van der Waals surface area contributed by atoms with Crippen LogP contribution < -0.4 is 5.32 Å². The van der Waals surface area contributed by atoms with Crippen molar-refractivity contribution in [1.29, 1.82) is 0 Å². The van der Waals surface area contributed by atoms with E-state index in [0.29, 0.717) is 13.1 Å². The van der Waals surface area contributed by atoms with Crippen molar-refractivity contribution in [2.75, 3.05) is 19.6 Å². The number of nitrogens with zero attached hydrogens (tertiary/aromatic N) is 6. The lowest BCUT2D eigenvalue weighted by molar-refractivity contribution is -0.145. The standard InChI is InChI=1S/C20H35N7O.HI/c1-6-21-19(25-13-18(28)27(15(2)3)20(4,5)14-25)22-12-17-24-23-16-10-8-7-9-11-26(16)17;/h15H,6-14H2,1-5H3,(H,21,22);1H. The predicted molar refractivity (Wildman–Crippen MR) is 125 cm³/mol. The van der Waals surface area contributed by atoms with Gasteiger partial charge in [-0.2, -0.15) is 0 Å². The molecule has 0 unspecified atom stereocenters. The first-order valence-corrected chi connectivity index (χ1v) is 10.6. The van der Waals surface area contributed by atoms with E-state index >= 15 is 0 Å². The van der Waals surface area contributed by atoms with Gasteiger partial charge in [0.05, 0.1) is 12.1 Å². The predicted octanol–water partition coefficient (Wildman–Crippen LogP) is 2.42. The molecule has 1 aromatic heterocycles. The quantitative estimate of drug-likeness (QED) is 0.377. The van der Waals surface area contributed by atoms with Gasteiger partial charge in [0, 0.05) is 32.1 Å². The number of aromatic nitrogens is 3. The SMILES string of the molecule is CCNC(=NCc1nnc2n1CCCCC2)N1CC(=O)N(C(C)C)C(C)(C)C1.I. The molecule has 164 valence electrons. The molecule has 3 rings (SSSR count). The summed E-state index contributed by atoms with van der Waals surface area (Å²) in [5.74, 6) is 2.92. The number of carbonyl (C=O) groups is 1. The highest BCUT2D eigenvalue weighted by Crippen LogP contribution is 2.24. The third-order valence-corrected chi connectivity index (χ3v) is 5.53. The van der Waals surface area contributed by atoms with Crippen LogP contribution in [0.1, 0.15) is 65.5 Å². The minimum atomic E-state index is -0.244. The highest BCUT2D eigenvalue weighted by Gasteiger charge is 2.40. The van der Waals surface area contributed by atoms with Gasteiger partial charge in [-0.25, -0.2) is 4.99 Å². The van der Waals surface area contributed by atoms with Crippen LogP contribution in [0.2, 0.25) is 0 Å². The summed E-state index contributed by atoms with van der Waals surface area (Å²) >= 11 is 0. The second-order valence-corrected chi connectivity index (χ2v) is 8.69. The minimum Gasteiger partial charge on any atom is -0.356 e. The number of guanidine groups is 1. The Bertz CT molecular complexity index is 728. The van der Waals surface area contributed by atoms with Crippen molar-refractivity contribution < 1.29 is 4.79 Å². The Morgan fingerprint density at radius 2 is 2.00 bits per heavy atom. The van der Waals surface area contributed by atoms with Gasteiger partial charge in [0.15, 0.2) is 11.8 Å². The average Bonchev–Trinajstić information content (AvgIpc) is 2.83. The first kappa shape index (κ1) is 23.9. The van der Waals surface area contributed by atoms with E-state index in [2.05, 4.69) is 59.6 Å². The summed E-state index contributed by atoms with van der Waals surface area (Å²) in [4.78, 5) is 21.7. The molecule has 8 nitrogen and oxygen atoms in total. The van der Waals surface area contributed by atoms with Crippen molar-refractivity contribution in [3.63, 3.8) is 0 Å². The summed E-state index contributed by atoms with van der Waals surface area (Å²) in [6, 6.07) is 0.190. The van der Waals surface area contributed by atoms with Crippen molar-refractivity contribution in [2.45, 2.75) is 85.0 Å². The highest BCUT2D eigenvalue weighted by atomic mass is 127. The minimum absolute atomic E-state index is 0. The van der Waals surface area contributed by atoms with Gasteiger partial charge in [0.1, 0.15) is 12.4 Å². The van der Waals surface area contributed by atoms with Crippen molar-refractivity contribution in [2.24, 2.45) is 4.99 Å². The van der Waals surface area contributed by atoms with Gasteiger partial charge >= 0.3 is 0 Å². The summed E-state index contributed by atoms with van der Waals surface area (Å²) in [7, 11) is 0. The van der Waals surface area contributed by atoms with Crippen LogP contribution >= 0.6 is 24.0 Å². The highest BCUT2D eigenvalue weighted by molar-refractivity contribution is 14.0. The second kappa shape index (κ2) is 10.1. The Balaban J connectivity index is 0.00000300. The molecule has 1 aromatic rings. The number of carbonyl (C=O) groups excluding carboxylic acids is 1. The largest absolute Gasteiger partial charge is 0.356 e. The summed E-state index contributed by atoms with van der Waals surface area (Å²) < 4.78 is 2.23. The zero-order valence-corrected chi connectivity index (χ0v) is 20.8. The molecule has 1 amide bonds. The number of hydrogen-bond acceptors (Lipinski definition) is 4. The molecule has 0 aromatic carbocycles. The maximum Gasteiger partial charge on any atom is 0.242 e. The Labute approximate surface area is 191 Å². The van der Waals surface area contributed by atoms with E-state index in [-0.39, 0.29) is 41.5 Å². The smallest absolute Gasteiger partial charge is 0.242 e. The molecule has 0 atom stereocenters. The summed E-state index contributed by atoms with van der Waals surface area (Å²) in [6.07, 6.45) is 4.59. The molecule has 2 aliphatic rings. The van der Waals surface area contributed by atoms with Crippen molar-refractivity contribution in [3.05, 3.63) is 11.6 Å². The van der Waals surface area contributed by atoms with E-state index in [9.17, 15) is 4.79 Å². The Hall–Kier alpha value is -1.39. The molecule has 0 radical (unpaired) electrons. The molecule has 0 spiro atoms.